The lowest BCUT2D eigenvalue weighted by Crippen LogP contribution is -2.53. The van der Waals surface area contributed by atoms with Gasteiger partial charge in [0.25, 0.3) is 5.91 Å². The van der Waals surface area contributed by atoms with E-state index in [9.17, 15) is 9.90 Å². The average Bonchev–Trinajstić information content (AvgIpc) is 3.06. The van der Waals surface area contributed by atoms with E-state index in [2.05, 4.69) is 10.3 Å². The molecule has 3 rings (SSSR count). The first kappa shape index (κ1) is 12.1. The molecule has 0 radical (unpaired) electrons. The van der Waals surface area contributed by atoms with Gasteiger partial charge in [0, 0.05) is 17.8 Å². The van der Waals surface area contributed by atoms with Crippen LogP contribution in [0.4, 0.5) is 0 Å². The number of ether oxygens (including phenoxy) is 1. The van der Waals surface area contributed by atoms with Crippen LogP contribution < -0.4 is 5.32 Å². The molecule has 2 aliphatic rings. The molecule has 18 heavy (non-hydrogen) atoms. The van der Waals surface area contributed by atoms with Gasteiger partial charge in [-0.1, -0.05) is 0 Å². The third-order valence-corrected chi connectivity index (χ3v) is 4.46. The Labute approximate surface area is 109 Å². The van der Waals surface area contributed by atoms with Crippen LogP contribution >= 0.6 is 11.3 Å². The van der Waals surface area contributed by atoms with Crippen LogP contribution in [-0.4, -0.2) is 42.4 Å². The van der Waals surface area contributed by atoms with E-state index in [1.165, 1.54) is 12.8 Å². The van der Waals surface area contributed by atoms with Gasteiger partial charge in [0.2, 0.25) is 0 Å². The van der Waals surface area contributed by atoms with Crippen molar-refractivity contribution in [1.82, 2.24) is 10.3 Å². The number of thiazole rings is 1. The second kappa shape index (κ2) is 4.60. The van der Waals surface area contributed by atoms with Crippen LogP contribution in [0, 0.1) is 5.41 Å². The topological polar surface area (TPSA) is 71.5 Å². The second-order valence-corrected chi connectivity index (χ2v) is 6.07. The Morgan fingerprint density at radius 3 is 2.94 bits per heavy atom. The average molecular weight is 268 g/mol. The molecule has 0 spiro atoms. The Kier molecular flexibility index (Phi) is 3.09. The molecule has 6 heteroatoms. The minimum Gasteiger partial charge on any atom is -0.396 e. The summed E-state index contributed by atoms with van der Waals surface area (Å²) in [5, 5.41) is 15.0. The van der Waals surface area contributed by atoms with Crippen molar-refractivity contribution in [3.05, 3.63) is 16.1 Å². The van der Waals surface area contributed by atoms with E-state index in [-0.39, 0.29) is 17.9 Å². The molecule has 1 saturated carbocycles. The normalized spacial score (nSPS) is 21.4. The van der Waals surface area contributed by atoms with Crippen molar-refractivity contribution in [2.75, 3.05) is 26.4 Å². The van der Waals surface area contributed by atoms with Gasteiger partial charge >= 0.3 is 0 Å². The number of nitrogens with zero attached hydrogens (tertiary/aromatic N) is 1. The van der Waals surface area contributed by atoms with Crippen LogP contribution in [0.1, 0.15) is 34.3 Å². The monoisotopic (exact) mass is 268 g/mol. The highest BCUT2D eigenvalue weighted by Gasteiger charge is 2.38. The minimum atomic E-state index is -0.287. The molecule has 1 aromatic rings. The fourth-order valence-corrected chi connectivity index (χ4v) is 2.88. The van der Waals surface area contributed by atoms with E-state index >= 15 is 0 Å². The quantitative estimate of drug-likeness (QED) is 0.827. The zero-order valence-electron chi connectivity index (χ0n) is 10.0. The summed E-state index contributed by atoms with van der Waals surface area (Å²) in [5.41, 5.74) is 0.209. The lowest BCUT2D eigenvalue weighted by Gasteiger charge is -2.39. The van der Waals surface area contributed by atoms with Gasteiger partial charge < -0.3 is 15.2 Å². The molecule has 2 heterocycles. The summed E-state index contributed by atoms with van der Waals surface area (Å²) in [7, 11) is 0. The number of carbonyl (C=O) groups is 1. The van der Waals surface area contributed by atoms with Crippen LogP contribution in [0.2, 0.25) is 0 Å². The summed E-state index contributed by atoms with van der Waals surface area (Å²) in [6, 6.07) is 0. The molecule has 2 N–H and O–H groups in total. The van der Waals surface area contributed by atoms with Gasteiger partial charge in [0.05, 0.1) is 30.2 Å². The third-order valence-electron chi connectivity index (χ3n) is 3.46. The Morgan fingerprint density at radius 2 is 2.39 bits per heavy atom. The van der Waals surface area contributed by atoms with E-state index in [0.717, 1.165) is 5.01 Å². The lowest BCUT2D eigenvalue weighted by molar-refractivity contribution is -0.133. The maximum Gasteiger partial charge on any atom is 0.270 e. The minimum absolute atomic E-state index is 0.0394. The van der Waals surface area contributed by atoms with Crippen LogP contribution in [0.25, 0.3) is 0 Å². The first-order chi connectivity index (χ1) is 8.72. The van der Waals surface area contributed by atoms with Crippen LogP contribution in [0.3, 0.4) is 0 Å². The first-order valence-corrected chi connectivity index (χ1v) is 7.03. The van der Waals surface area contributed by atoms with Gasteiger partial charge in [-0.3, -0.25) is 4.79 Å². The SMILES string of the molecule is O=C(NCC1(CO)COC1)c1csc(C2CC2)n1. The van der Waals surface area contributed by atoms with Crippen LogP contribution in [0.5, 0.6) is 0 Å². The Bertz CT molecular complexity index is 446. The van der Waals surface area contributed by atoms with E-state index in [4.69, 9.17) is 4.74 Å². The predicted molar refractivity (Wildman–Crippen MR) is 66.8 cm³/mol. The van der Waals surface area contributed by atoms with Gasteiger partial charge in [0.15, 0.2) is 0 Å². The molecule has 1 saturated heterocycles. The Balaban J connectivity index is 1.56. The first-order valence-electron chi connectivity index (χ1n) is 6.15. The molecule has 0 aromatic carbocycles. The molecular formula is C12H16N2O3S. The highest BCUT2D eigenvalue weighted by molar-refractivity contribution is 7.10. The third kappa shape index (κ3) is 2.28. The summed E-state index contributed by atoms with van der Waals surface area (Å²) in [6.45, 7) is 1.50. The van der Waals surface area contributed by atoms with E-state index in [1.54, 1.807) is 11.3 Å². The summed E-state index contributed by atoms with van der Waals surface area (Å²) < 4.78 is 5.09. The zero-order chi connectivity index (χ0) is 12.6. The fourth-order valence-electron chi connectivity index (χ4n) is 1.91. The van der Waals surface area contributed by atoms with E-state index in [0.29, 0.717) is 31.4 Å². The van der Waals surface area contributed by atoms with Crippen molar-refractivity contribution >= 4 is 17.2 Å². The Morgan fingerprint density at radius 1 is 1.61 bits per heavy atom. The molecule has 1 aliphatic carbocycles. The summed E-state index contributed by atoms with van der Waals surface area (Å²) in [6.07, 6.45) is 2.39. The maximum absolute atomic E-state index is 11.9. The summed E-state index contributed by atoms with van der Waals surface area (Å²) in [4.78, 5) is 16.3. The van der Waals surface area contributed by atoms with Gasteiger partial charge in [0.1, 0.15) is 5.69 Å². The smallest absolute Gasteiger partial charge is 0.270 e. The number of rotatable bonds is 5. The van der Waals surface area contributed by atoms with Crippen molar-refractivity contribution < 1.29 is 14.6 Å². The van der Waals surface area contributed by atoms with Crippen molar-refractivity contribution in [1.29, 1.82) is 0 Å². The van der Waals surface area contributed by atoms with Gasteiger partial charge in [-0.2, -0.15) is 0 Å². The molecule has 2 fully saturated rings. The molecule has 0 bridgehead atoms. The number of carbonyl (C=O) groups excluding carboxylic acids is 1. The number of aliphatic hydroxyl groups excluding tert-OH is 1. The van der Waals surface area contributed by atoms with Crippen LogP contribution in [-0.2, 0) is 4.74 Å². The second-order valence-electron chi connectivity index (χ2n) is 5.18. The molecule has 1 aliphatic heterocycles. The lowest BCUT2D eigenvalue weighted by atomic mass is 9.87. The molecule has 5 nitrogen and oxygen atoms in total. The van der Waals surface area contributed by atoms with Crippen molar-refractivity contribution in [2.24, 2.45) is 5.41 Å². The van der Waals surface area contributed by atoms with Gasteiger partial charge in [-0.15, -0.1) is 11.3 Å². The molecule has 0 unspecified atom stereocenters. The molecular weight excluding hydrogens is 252 g/mol. The highest BCUT2D eigenvalue weighted by atomic mass is 32.1. The number of hydrogen-bond donors (Lipinski definition) is 2. The number of aromatic nitrogens is 1. The van der Waals surface area contributed by atoms with E-state index < -0.39 is 0 Å². The zero-order valence-corrected chi connectivity index (χ0v) is 10.8. The summed E-state index contributed by atoms with van der Waals surface area (Å²) >= 11 is 1.56. The Hall–Kier alpha value is -0.980. The van der Waals surface area contributed by atoms with Crippen molar-refractivity contribution in [2.45, 2.75) is 18.8 Å². The highest BCUT2D eigenvalue weighted by Crippen LogP contribution is 2.41. The molecule has 1 aromatic heterocycles. The molecule has 1 amide bonds. The molecule has 98 valence electrons. The summed E-state index contributed by atoms with van der Waals surface area (Å²) in [5.74, 6) is 0.429. The number of hydrogen-bond acceptors (Lipinski definition) is 5. The largest absolute Gasteiger partial charge is 0.396 e. The van der Waals surface area contributed by atoms with Gasteiger partial charge in [-0.05, 0) is 12.8 Å². The van der Waals surface area contributed by atoms with Crippen molar-refractivity contribution in [3.63, 3.8) is 0 Å². The van der Waals surface area contributed by atoms with E-state index in [1.807, 2.05) is 5.38 Å². The predicted octanol–water partition coefficient (Wildman–Crippen LogP) is 0.759. The van der Waals surface area contributed by atoms with Gasteiger partial charge in [-0.25, -0.2) is 4.98 Å². The van der Waals surface area contributed by atoms with Crippen LogP contribution in [0.15, 0.2) is 5.38 Å². The number of aliphatic hydroxyl groups is 1. The number of nitrogens with one attached hydrogen (secondary N) is 1. The molecule has 0 atom stereocenters. The standard InChI is InChI=1S/C12H16N2O3S/c15-5-12(6-17-7-12)4-13-10(16)9-3-18-11(14-9)8-1-2-8/h3,8,15H,1-2,4-7H2,(H,13,16). The fraction of sp³-hybridized carbons (Fsp3) is 0.667. The maximum atomic E-state index is 11.9. The number of amides is 1. The van der Waals surface area contributed by atoms with Crippen molar-refractivity contribution in [3.8, 4) is 0 Å².